The van der Waals surface area contributed by atoms with E-state index in [1.807, 2.05) is 18.5 Å². The summed E-state index contributed by atoms with van der Waals surface area (Å²) in [5, 5.41) is 3.24. The van der Waals surface area contributed by atoms with E-state index in [0.717, 1.165) is 18.7 Å². The topological polar surface area (TPSA) is 24.9 Å². The summed E-state index contributed by atoms with van der Waals surface area (Å²) in [6.45, 7) is 7.64. The molecule has 64 valence electrons. The first-order chi connectivity index (χ1) is 5.86. The minimum absolute atomic E-state index is 0.880. The molecule has 0 aliphatic heterocycles. The highest BCUT2D eigenvalue weighted by atomic mass is 14.8. The van der Waals surface area contributed by atoms with Crippen molar-refractivity contribution in [3.63, 3.8) is 0 Å². The Kier molecular flexibility index (Phi) is 3.48. The third kappa shape index (κ3) is 2.47. The molecule has 0 radical (unpaired) electrons. The number of rotatable bonds is 4. The lowest BCUT2D eigenvalue weighted by Crippen LogP contribution is -2.11. The third-order valence-corrected chi connectivity index (χ3v) is 1.63. The van der Waals surface area contributed by atoms with Gasteiger partial charge in [-0.1, -0.05) is 19.6 Å². The largest absolute Gasteiger partial charge is 0.313 e. The highest BCUT2D eigenvalue weighted by molar-refractivity contribution is 5.45. The predicted molar refractivity (Wildman–Crippen MR) is 51.7 cm³/mol. The van der Waals surface area contributed by atoms with Crippen LogP contribution in [0.25, 0.3) is 6.08 Å². The van der Waals surface area contributed by atoms with Crippen LogP contribution in [-0.4, -0.2) is 11.5 Å². The molecule has 1 N–H and O–H groups in total. The molecular weight excluding hydrogens is 148 g/mol. The average Bonchev–Trinajstić information content (AvgIpc) is 2.15. The van der Waals surface area contributed by atoms with E-state index in [2.05, 4.69) is 29.9 Å². The van der Waals surface area contributed by atoms with Gasteiger partial charge in [-0.05, 0) is 23.7 Å². The first kappa shape index (κ1) is 8.94. The van der Waals surface area contributed by atoms with Gasteiger partial charge in [0, 0.05) is 18.9 Å². The predicted octanol–water partition coefficient (Wildman–Crippen LogP) is 1.83. The Labute approximate surface area is 73.3 Å². The molecule has 0 unspecified atom stereocenters. The molecule has 0 aliphatic carbocycles. The Morgan fingerprint density at radius 1 is 1.58 bits per heavy atom. The van der Waals surface area contributed by atoms with Crippen LogP contribution in [0.15, 0.2) is 25.0 Å². The summed E-state index contributed by atoms with van der Waals surface area (Å²) in [5.74, 6) is 0. The number of nitrogens with zero attached hydrogens (tertiary/aromatic N) is 1. The normalized spacial score (nSPS) is 9.75. The molecule has 1 aromatic rings. The van der Waals surface area contributed by atoms with Crippen molar-refractivity contribution >= 4 is 6.08 Å². The third-order valence-electron chi connectivity index (χ3n) is 1.63. The van der Waals surface area contributed by atoms with Crippen LogP contribution >= 0.6 is 0 Å². The van der Waals surface area contributed by atoms with Gasteiger partial charge in [0.25, 0.3) is 0 Å². The van der Waals surface area contributed by atoms with Crippen LogP contribution < -0.4 is 5.32 Å². The standard InChI is InChI=1S/C10H14N2/c1-3-9-5-10(7-11-4-2)8-12-6-9/h3,5-6,8,11H,1,4,7H2,2H3. The molecule has 0 fully saturated rings. The van der Waals surface area contributed by atoms with Gasteiger partial charge in [-0.15, -0.1) is 0 Å². The molecule has 0 spiro atoms. The lowest BCUT2D eigenvalue weighted by atomic mass is 10.2. The van der Waals surface area contributed by atoms with E-state index < -0.39 is 0 Å². The van der Waals surface area contributed by atoms with Crippen LogP contribution in [0.1, 0.15) is 18.1 Å². The average molecular weight is 162 g/mol. The van der Waals surface area contributed by atoms with Crippen molar-refractivity contribution in [1.29, 1.82) is 0 Å². The van der Waals surface area contributed by atoms with E-state index in [-0.39, 0.29) is 0 Å². The zero-order chi connectivity index (χ0) is 8.81. The lowest BCUT2D eigenvalue weighted by Gasteiger charge is -2.01. The summed E-state index contributed by atoms with van der Waals surface area (Å²) in [6.07, 6.45) is 5.49. The van der Waals surface area contributed by atoms with Crippen molar-refractivity contribution in [1.82, 2.24) is 10.3 Å². The van der Waals surface area contributed by atoms with E-state index in [9.17, 15) is 0 Å². The second-order valence-corrected chi connectivity index (χ2v) is 2.61. The van der Waals surface area contributed by atoms with Gasteiger partial charge in [0.05, 0.1) is 0 Å². The Hall–Kier alpha value is -1.15. The van der Waals surface area contributed by atoms with E-state index in [4.69, 9.17) is 0 Å². The van der Waals surface area contributed by atoms with Gasteiger partial charge in [-0.25, -0.2) is 0 Å². The van der Waals surface area contributed by atoms with Gasteiger partial charge in [-0.3, -0.25) is 4.98 Å². The van der Waals surface area contributed by atoms with Crippen molar-refractivity contribution in [2.75, 3.05) is 6.54 Å². The molecular formula is C10H14N2. The Morgan fingerprint density at radius 3 is 3.08 bits per heavy atom. The highest BCUT2D eigenvalue weighted by Crippen LogP contribution is 2.02. The van der Waals surface area contributed by atoms with Gasteiger partial charge in [0.2, 0.25) is 0 Å². The van der Waals surface area contributed by atoms with Crippen molar-refractivity contribution in [3.8, 4) is 0 Å². The van der Waals surface area contributed by atoms with Crippen molar-refractivity contribution in [3.05, 3.63) is 36.2 Å². The number of pyridine rings is 1. The molecule has 0 aliphatic rings. The van der Waals surface area contributed by atoms with Crippen LogP contribution in [0.4, 0.5) is 0 Å². The number of aromatic nitrogens is 1. The molecule has 1 heterocycles. The maximum absolute atomic E-state index is 4.10. The molecule has 2 heteroatoms. The first-order valence-electron chi connectivity index (χ1n) is 4.14. The molecule has 0 saturated heterocycles. The quantitative estimate of drug-likeness (QED) is 0.730. The molecule has 2 nitrogen and oxygen atoms in total. The monoisotopic (exact) mass is 162 g/mol. The maximum Gasteiger partial charge on any atom is 0.0340 e. The number of hydrogen-bond acceptors (Lipinski definition) is 2. The summed E-state index contributed by atoms with van der Waals surface area (Å²) in [6, 6.07) is 2.09. The Morgan fingerprint density at radius 2 is 2.42 bits per heavy atom. The van der Waals surface area contributed by atoms with Gasteiger partial charge in [0.1, 0.15) is 0 Å². The minimum atomic E-state index is 0.880. The molecule has 1 aromatic heterocycles. The van der Waals surface area contributed by atoms with E-state index in [1.165, 1.54) is 5.56 Å². The van der Waals surface area contributed by atoms with Gasteiger partial charge in [-0.2, -0.15) is 0 Å². The molecule has 0 saturated carbocycles. The lowest BCUT2D eigenvalue weighted by molar-refractivity contribution is 0.724. The van der Waals surface area contributed by atoms with Crippen LogP contribution in [0, 0.1) is 0 Å². The minimum Gasteiger partial charge on any atom is -0.313 e. The summed E-state index contributed by atoms with van der Waals surface area (Å²) >= 11 is 0. The molecule has 0 bridgehead atoms. The first-order valence-corrected chi connectivity index (χ1v) is 4.14. The van der Waals surface area contributed by atoms with Gasteiger partial charge >= 0.3 is 0 Å². The zero-order valence-corrected chi connectivity index (χ0v) is 7.38. The molecule has 0 atom stereocenters. The summed E-state index contributed by atoms with van der Waals surface area (Å²) in [4.78, 5) is 4.10. The van der Waals surface area contributed by atoms with Crippen molar-refractivity contribution in [2.45, 2.75) is 13.5 Å². The smallest absolute Gasteiger partial charge is 0.0340 e. The summed E-state index contributed by atoms with van der Waals surface area (Å²) < 4.78 is 0. The Balaban J connectivity index is 2.66. The maximum atomic E-state index is 4.10. The highest BCUT2D eigenvalue weighted by Gasteiger charge is 1.92. The van der Waals surface area contributed by atoms with E-state index in [0.29, 0.717) is 0 Å². The van der Waals surface area contributed by atoms with Crippen molar-refractivity contribution < 1.29 is 0 Å². The zero-order valence-electron chi connectivity index (χ0n) is 7.38. The molecule has 1 rings (SSSR count). The van der Waals surface area contributed by atoms with E-state index in [1.54, 1.807) is 0 Å². The van der Waals surface area contributed by atoms with E-state index >= 15 is 0 Å². The van der Waals surface area contributed by atoms with Crippen molar-refractivity contribution in [2.24, 2.45) is 0 Å². The van der Waals surface area contributed by atoms with Crippen LogP contribution in [0.2, 0.25) is 0 Å². The SMILES string of the molecule is C=Cc1cncc(CNCC)c1. The second-order valence-electron chi connectivity index (χ2n) is 2.61. The molecule has 12 heavy (non-hydrogen) atoms. The van der Waals surface area contributed by atoms with Crippen LogP contribution in [-0.2, 0) is 6.54 Å². The van der Waals surface area contributed by atoms with Crippen LogP contribution in [0.5, 0.6) is 0 Å². The number of hydrogen-bond donors (Lipinski definition) is 1. The fraction of sp³-hybridized carbons (Fsp3) is 0.300. The second kappa shape index (κ2) is 4.67. The van der Waals surface area contributed by atoms with Gasteiger partial charge in [0.15, 0.2) is 0 Å². The summed E-state index contributed by atoms with van der Waals surface area (Å²) in [5.41, 5.74) is 2.28. The van der Waals surface area contributed by atoms with Gasteiger partial charge < -0.3 is 5.32 Å². The fourth-order valence-corrected chi connectivity index (χ4v) is 0.985. The fourth-order valence-electron chi connectivity index (χ4n) is 0.985. The van der Waals surface area contributed by atoms with Crippen LogP contribution in [0.3, 0.4) is 0 Å². The summed E-state index contributed by atoms with van der Waals surface area (Å²) in [7, 11) is 0. The molecule has 0 aromatic carbocycles. The number of nitrogens with one attached hydrogen (secondary N) is 1. The molecule has 0 amide bonds. The Bertz CT molecular complexity index is 256.